The Hall–Kier alpha value is -2.49. The van der Waals surface area contributed by atoms with E-state index >= 15 is 0 Å². The predicted octanol–water partition coefficient (Wildman–Crippen LogP) is 3.19. The van der Waals surface area contributed by atoms with E-state index in [9.17, 15) is 4.79 Å². The zero-order valence-corrected chi connectivity index (χ0v) is 12.5. The van der Waals surface area contributed by atoms with Gasteiger partial charge in [-0.3, -0.25) is 4.79 Å². The fraction of sp³-hybridized carbons (Fsp3) is 0.235. The van der Waals surface area contributed by atoms with Crippen molar-refractivity contribution in [3.05, 3.63) is 53.6 Å². The highest BCUT2D eigenvalue weighted by atomic mass is 16.5. The van der Waals surface area contributed by atoms with Gasteiger partial charge in [-0.2, -0.15) is 0 Å². The third-order valence-electron chi connectivity index (χ3n) is 3.15. The summed E-state index contributed by atoms with van der Waals surface area (Å²) in [6, 6.07) is 13.1. The zero-order chi connectivity index (χ0) is 15.2. The second-order valence-electron chi connectivity index (χ2n) is 4.77. The molecule has 1 N–H and O–H groups in total. The average Bonchev–Trinajstić information content (AvgIpc) is 2.47. The number of anilines is 1. The van der Waals surface area contributed by atoms with Crippen LogP contribution in [0.2, 0.25) is 0 Å². The number of carbonyl (C=O) groups is 1. The quantitative estimate of drug-likeness (QED) is 0.917. The molecule has 2 aromatic rings. The van der Waals surface area contributed by atoms with Gasteiger partial charge in [0.15, 0.2) is 0 Å². The van der Waals surface area contributed by atoms with Crippen LogP contribution in [-0.4, -0.2) is 20.1 Å². The molecule has 0 atom stereocenters. The van der Waals surface area contributed by atoms with Gasteiger partial charge in [0.1, 0.15) is 11.5 Å². The van der Waals surface area contributed by atoms with Crippen molar-refractivity contribution in [3.8, 4) is 11.5 Å². The third-order valence-corrected chi connectivity index (χ3v) is 3.15. The molecular weight excluding hydrogens is 266 g/mol. The average molecular weight is 285 g/mol. The van der Waals surface area contributed by atoms with Crippen LogP contribution in [-0.2, 0) is 11.2 Å². The molecule has 0 bridgehead atoms. The molecule has 0 aliphatic heterocycles. The molecule has 4 heteroatoms. The summed E-state index contributed by atoms with van der Waals surface area (Å²) in [6.45, 7) is 1.99. The van der Waals surface area contributed by atoms with E-state index in [1.165, 1.54) is 0 Å². The van der Waals surface area contributed by atoms with Gasteiger partial charge in [0.05, 0.1) is 20.6 Å². The summed E-state index contributed by atoms with van der Waals surface area (Å²) >= 11 is 0. The van der Waals surface area contributed by atoms with Crippen molar-refractivity contribution in [2.75, 3.05) is 19.5 Å². The topological polar surface area (TPSA) is 47.6 Å². The lowest BCUT2D eigenvalue weighted by Gasteiger charge is -2.11. The van der Waals surface area contributed by atoms with E-state index in [2.05, 4.69) is 5.32 Å². The molecule has 0 aliphatic carbocycles. The molecular formula is C17H19NO3. The zero-order valence-electron chi connectivity index (χ0n) is 12.5. The summed E-state index contributed by atoms with van der Waals surface area (Å²) in [7, 11) is 3.18. The van der Waals surface area contributed by atoms with Crippen molar-refractivity contribution in [2.24, 2.45) is 0 Å². The first kappa shape index (κ1) is 14.9. The highest BCUT2D eigenvalue weighted by molar-refractivity contribution is 5.92. The van der Waals surface area contributed by atoms with Gasteiger partial charge in [-0.25, -0.2) is 0 Å². The minimum absolute atomic E-state index is 0.0796. The van der Waals surface area contributed by atoms with Crippen molar-refractivity contribution in [2.45, 2.75) is 13.3 Å². The number of hydrogen-bond donors (Lipinski definition) is 1. The Kier molecular flexibility index (Phi) is 4.82. The van der Waals surface area contributed by atoms with Crippen LogP contribution in [0.3, 0.4) is 0 Å². The molecule has 21 heavy (non-hydrogen) atoms. The van der Waals surface area contributed by atoms with E-state index in [1.807, 2.05) is 43.3 Å². The van der Waals surface area contributed by atoms with E-state index in [1.54, 1.807) is 20.3 Å². The maximum Gasteiger partial charge on any atom is 0.228 e. The second kappa shape index (κ2) is 6.79. The number of hydrogen-bond acceptors (Lipinski definition) is 3. The minimum atomic E-state index is -0.0796. The summed E-state index contributed by atoms with van der Waals surface area (Å²) in [5.74, 6) is 1.27. The molecule has 0 saturated heterocycles. The number of nitrogens with one attached hydrogen (secondary N) is 1. The van der Waals surface area contributed by atoms with Gasteiger partial charge in [-0.15, -0.1) is 0 Å². The maximum absolute atomic E-state index is 12.1. The van der Waals surface area contributed by atoms with Crippen molar-refractivity contribution in [1.82, 2.24) is 0 Å². The van der Waals surface area contributed by atoms with E-state index in [0.717, 1.165) is 16.8 Å². The Morgan fingerprint density at radius 2 is 1.90 bits per heavy atom. The number of amides is 1. The minimum Gasteiger partial charge on any atom is -0.497 e. The number of methoxy groups -OCH3 is 2. The number of rotatable bonds is 5. The molecule has 4 nitrogen and oxygen atoms in total. The van der Waals surface area contributed by atoms with Gasteiger partial charge in [0.25, 0.3) is 0 Å². The number of benzene rings is 2. The normalized spacial score (nSPS) is 10.0. The van der Waals surface area contributed by atoms with Crippen LogP contribution in [0.15, 0.2) is 42.5 Å². The molecule has 0 saturated carbocycles. The number of ether oxygens (including phenoxy) is 2. The van der Waals surface area contributed by atoms with Crippen LogP contribution < -0.4 is 14.8 Å². The van der Waals surface area contributed by atoms with Crippen LogP contribution in [0.1, 0.15) is 11.1 Å². The smallest absolute Gasteiger partial charge is 0.228 e. The van der Waals surface area contributed by atoms with Crippen LogP contribution in [0.4, 0.5) is 5.69 Å². The lowest BCUT2D eigenvalue weighted by molar-refractivity contribution is -0.115. The number of aryl methyl sites for hydroxylation is 1. The van der Waals surface area contributed by atoms with Crippen LogP contribution in [0, 0.1) is 6.92 Å². The van der Waals surface area contributed by atoms with Gasteiger partial charge in [0.2, 0.25) is 5.91 Å². The molecule has 0 fully saturated rings. The molecule has 2 aromatic carbocycles. The molecule has 2 rings (SSSR count). The lowest BCUT2D eigenvalue weighted by atomic mass is 10.1. The first-order chi connectivity index (χ1) is 10.1. The van der Waals surface area contributed by atoms with Crippen molar-refractivity contribution in [3.63, 3.8) is 0 Å². The summed E-state index contributed by atoms with van der Waals surface area (Å²) in [6.07, 6.45) is 0.251. The van der Waals surface area contributed by atoms with Crippen molar-refractivity contribution >= 4 is 11.6 Å². The Balaban J connectivity index is 2.09. The second-order valence-corrected chi connectivity index (χ2v) is 4.77. The lowest BCUT2D eigenvalue weighted by Crippen LogP contribution is -2.15. The van der Waals surface area contributed by atoms with E-state index in [-0.39, 0.29) is 12.3 Å². The largest absolute Gasteiger partial charge is 0.497 e. The highest BCUT2D eigenvalue weighted by Crippen LogP contribution is 2.25. The Bertz CT molecular complexity index is 638. The van der Waals surface area contributed by atoms with E-state index in [0.29, 0.717) is 11.5 Å². The van der Waals surface area contributed by atoms with E-state index in [4.69, 9.17) is 9.47 Å². The van der Waals surface area contributed by atoms with Crippen molar-refractivity contribution in [1.29, 1.82) is 0 Å². The first-order valence-electron chi connectivity index (χ1n) is 6.70. The van der Waals surface area contributed by atoms with Gasteiger partial charge in [0, 0.05) is 17.3 Å². The standard InChI is InChI=1S/C17H19NO3/c1-12-5-4-6-14(9-12)18-17(19)10-13-7-8-15(20-2)11-16(13)21-3/h4-9,11H,10H2,1-3H3,(H,18,19). The van der Waals surface area contributed by atoms with Gasteiger partial charge >= 0.3 is 0 Å². The molecule has 0 unspecified atom stereocenters. The summed E-state index contributed by atoms with van der Waals surface area (Å²) in [5, 5.41) is 2.89. The third kappa shape index (κ3) is 3.99. The van der Waals surface area contributed by atoms with Crippen LogP contribution in [0.25, 0.3) is 0 Å². The molecule has 1 amide bonds. The summed E-state index contributed by atoms with van der Waals surface area (Å²) in [4.78, 5) is 12.1. The molecule has 0 heterocycles. The van der Waals surface area contributed by atoms with Gasteiger partial charge in [-0.05, 0) is 30.7 Å². The van der Waals surface area contributed by atoms with Crippen LogP contribution in [0.5, 0.6) is 11.5 Å². The fourth-order valence-electron chi connectivity index (χ4n) is 2.10. The molecule has 0 aliphatic rings. The maximum atomic E-state index is 12.1. The first-order valence-corrected chi connectivity index (χ1v) is 6.70. The Morgan fingerprint density at radius 3 is 2.57 bits per heavy atom. The van der Waals surface area contributed by atoms with Gasteiger partial charge in [-0.1, -0.05) is 18.2 Å². The van der Waals surface area contributed by atoms with Gasteiger partial charge < -0.3 is 14.8 Å². The summed E-state index contributed by atoms with van der Waals surface area (Å²) in [5.41, 5.74) is 2.73. The highest BCUT2D eigenvalue weighted by Gasteiger charge is 2.10. The summed E-state index contributed by atoms with van der Waals surface area (Å²) < 4.78 is 10.4. The van der Waals surface area contributed by atoms with E-state index < -0.39 is 0 Å². The Labute approximate surface area is 124 Å². The molecule has 0 spiro atoms. The van der Waals surface area contributed by atoms with Crippen LogP contribution >= 0.6 is 0 Å². The monoisotopic (exact) mass is 285 g/mol. The molecule has 0 aromatic heterocycles. The molecule has 0 radical (unpaired) electrons. The SMILES string of the molecule is COc1ccc(CC(=O)Nc2cccc(C)c2)c(OC)c1. The Morgan fingerprint density at radius 1 is 1.10 bits per heavy atom. The fourth-order valence-corrected chi connectivity index (χ4v) is 2.10. The van der Waals surface area contributed by atoms with Crippen molar-refractivity contribution < 1.29 is 14.3 Å². The number of carbonyl (C=O) groups excluding carboxylic acids is 1. The molecule has 110 valence electrons. The predicted molar refractivity (Wildman–Crippen MR) is 83.1 cm³/mol.